The summed E-state index contributed by atoms with van der Waals surface area (Å²) in [5.74, 6) is -0.210. The molecule has 0 atom stereocenters. The van der Waals surface area contributed by atoms with Crippen LogP contribution in [0.15, 0.2) is 42.5 Å². The first-order valence-corrected chi connectivity index (χ1v) is 8.43. The summed E-state index contributed by atoms with van der Waals surface area (Å²) in [6.45, 7) is 0.680. The van der Waals surface area contributed by atoms with E-state index >= 15 is 0 Å². The SMILES string of the molecule is O=C(NCCNc1nc2cc(C(F)(F)F)ccc2s1)c1ccc(O)cc1. The standard InChI is InChI=1S/C17H14F3N3O2S/c18-17(19,20)11-3-6-14-13(9-11)23-16(26-14)22-8-7-21-15(25)10-1-4-12(24)5-2-10/h1-6,9,24H,7-8H2,(H,21,25)(H,22,23). The van der Waals surface area contributed by atoms with Gasteiger partial charge in [0.2, 0.25) is 0 Å². The molecule has 0 aliphatic heterocycles. The number of hydrogen-bond acceptors (Lipinski definition) is 5. The number of thiazole rings is 1. The maximum Gasteiger partial charge on any atom is 0.416 e. The van der Waals surface area contributed by atoms with Crippen molar-refractivity contribution in [2.24, 2.45) is 0 Å². The summed E-state index contributed by atoms with van der Waals surface area (Å²) < 4.78 is 38.8. The second kappa shape index (κ2) is 7.20. The molecule has 3 N–H and O–H groups in total. The van der Waals surface area contributed by atoms with Crippen molar-refractivity contribution in [2.45, 2.75) is 6.18 Å². The molecule has 5 nitrogen and oxygen atoms in total. The number of aromatic hydroxyl groups is 1. The summed E-state index contributed by atoms with van der Waals surface area (Å²) in [6.07, 6.45) is -4.40. The molecule has 26 heavy (non-hydrogen) atoms. The van der Waals surface area contributed by atoms with E-state index in [9.17, 15) is 23.1 Å². The van der Waals surface area contributed by atoms with E-state index in [1.807, 2.05) is 0 Å². The number of phenols is 1. The first-order chi connectivity index (χ1) is 12.3. The predicted octanol–water partition coefficient (Wildman–Crippen LogP) is 3.86. The minimum Gasteiger partial charge on any atom is -0.508 e. The summed E-state index contributed by atoms with van der Waals surface area (Å²) in [6, 6.07) is 9.29. The van der Waals surface area contributed by atoms with Crippen molar-refractivity contribution >= 4 is 32.6 Å². The summed E-state index contributed by atoms with van der Waals surface area (Å²) >= 11 is 1.24. The fourth-order valence-corrected chi connectivity index (χ4v) is 3.11. The number of phenolic OH excluding ortho intramolecular Hbond substituents is 1. The Morgan fingerprint density at radius 3 is 2.54 bits per heavy atom. The summed E-state index contributed by atoms with van der Waals surface area (Å²) in [5.41, 5.74) is -0.0362. The van der Waals surface area contributed by atoms with Crippen molar-refractivity contribution < 1.29 is 23.1 Å². The largest absolute Gasteiger partial charge is 0.508 e. The minimum absolute atomic E-state index is 0.0766. The number of rotatable bonds is 5. The van der Waals surface area contributed by atoms with Crippen LogP contribution >= 0.6 is 11.3 Å². The third-order valence-corrected chi connectivity index (χ3v) is 4.53. The number of amides is 1. The first kappa shape index (κ1) is 18.0. The summed E-state index contributed by atoms with van der Waals surface area (Å²) in [5, 5.41) is 15.4. The summed E-state index contributed by atoms with van der Waals surface area (Å²) in [7, 11) is 0. The normalized spacial score (nSPS) is 11.5. The average molecular weight is 381 g/mol. The fraction of sp³-hybridized carbons (Fsp3) is 0.176. The average Bonchev–Trinajstić information content (AvgIpc) is 3.00. The number of anilines is 1. The highest BCUT2D eigenvalue weighted by atomic mass is 32.1. The van der Waals surface area contributed by atoms with Crippen LogP contribution in [0.2, 0.25) is 0 Å². The van der Waals surface area contributed by atoms with Crippen LogP contribution in [-0.2, 0) is 6.18 Å². The maximum atomic E-state index is 12.7. The molecule has 9 heteroatoms. The monoisotopic (exact) mass is 381 g/mol. The molecule has 1 heterocycles. The number of benzene rings is 2. The third-order valence-electron chi connectivity index (χ3n) is 3.53. The molecule has 2 aromatic carbocycles. The van der Waals surface area contributed by atoms with Crippen LogP contribution in [0, 0.1) is 0 Å². The van der Waals surface area contributed by atoms with Crippen molar-refractivity contribution in [3.8, 4) is 5.75 Å². The second-order valence-electron chi connectivity index (χ2n) is 5.43. The van der Waals surface area contributed by atoms with Gasteiger partial charge in [-0.15, -0.1) is 0 Å². The number of carbonyl (C=O) groups is 1. The van der Waals surface area contributed by atoms with Gasteiger partial charge in [0.1, 0.15) is 5.75 Å². The van der Waals surface area contributed by atoms with Crippen molar-refractivity contribution in [1.29, 1.82) is 0 Å². The van der Waals surface area contributed by atoms with Gasteiger partial charge in [0, 0.05) is 18.7 Å². The molecular weight excluding hydrogens is 367 g/mol. The Bertz CT molecular complexity index is 923. The molecule has 0 aliphatic carbocycles. The van der Waals surface area contributed by atoms with Crippen molar-refractivity contribution in [1.82, 2.24) is 10.3 Å². The molecule has 0 bridgehead atoms. The number of carbonyl (C=O) groups excluding carboxylic acids is 1. The smallest absolute Gasteiger partial charge is 0.416 e. The summed E-state index contributed by atoms with van der Waals surface area (Å²) in [4.78, 5) is 16.0. The lowest BCUT2D eigenvalue weighted by Crippen LogP contribution is -2.28. The van der Waals surface area contributed by atoms with Gasteiger partial charge < -0.3 is 15.7 Å². The molecule has 1 amide bonds. The first-order valence-electron chi connectivity index (χ1n) is 7.62. The van der Waals surface area contributed by atoms with E-state index in [1.54, 1.807) is 0 Å². The Labute approximate surface area is 150 Å². The zero-order valence-electron chi connectivity index (χ0n) is 13.3. The van der Waals surface area contributed by atoms with Crippen LogP contribution in [0.3, 0.4) is 0 Å². The van der Waals surface area contributed by atoms with Gasteiger partial charge in [0.25, 0.3) is 5.91 Å². The van der Waals surface area contributed by atoms with Gasteiger partial charge in [-0.3, -0.25) is 4.79 Å². The van der Waals surface area contributed by atoms with Crippen LogP contribution in [0.4, 0.5) is 18.3 Å². The van der Waals surface area contributed by atoms with E-state index in [4.69, 9.17) is 0 Å². The van der Waals surface area contributed by atoms with E-state index in [0.29, 0.717) is 28.5 Å². The maximum absolute atomic E-state index is 12.7. The molecule has 3 rings (SSSR count). The lowest BCUT2D eigenvalue weighted by molar-refractivity contribution is -0.137. The van der Waals surface area contributed by atoms with E-state index in [-0.39, 0.29) is 17.2 Å². The molecule has 0 saturated heterocycles. The Hall–Kier alpha value is -2.81. The van der Waals surface area contributed by atoms with Gasteiger partial charge >= 0.3 is 6.18 Å². The lowest BCUT2D eigenvalue weighted by Gasteiger charge is -2.06. The Morgan fingerprint density at radius 2 is 1.85 bits per heavy atom. The number of fused-ring (bicyclic) bond motifs is 1. The molecule has 0 aliphatic rings. The van der Waals surface area contributed by atoms with Gasteiger partial charge in [-0.25, -0.2) is 4.98 Å². The highest BCUT2D eigenvalue weighted by Crippen LogP contribution is 2.33. The molecule has 3 aromatic rings. The molecule has 0 saturated carbocycles. The highest BCUT2D eigenvalue weighted by Gasteiger charge is 2.30. The molecule has 136 valence electrons. The van der Waals surface area contributed by atoms with Crippen molar-refractivity contribution in [3.05, 3.63) is 53.6 Å². The number of alkyl halides is 3. The Balaban J connectivity index is 1.55. The predicted molar refractivity (Wildman–Crippen MR) is 93.6 cm³/mol. The Morgan fingerprint density at radius 1 is 1.12 bits per heavy atom. The zero-order valence-corrected chi connectivity index (χ0v) is 14.1. The minimum atomic E-state index is -4.40. The van der Waals surface area contributed by atoms with Crippen LogP contribution < -0.4 is 10.6 Å². The van der Waals surface area contributed by atoms with Crippen molar-refractivity contribution in [2.75, 3.05) is 18.4 Å². The quantitative estimate of drug-likeness (QED) is 0.587. The Kier molecular flexibility index (Phi) is 4.99. The molecule has 1 aromatic heterocycles. The van der Waals surface area contributed by atoms with Gasteiger partial charge in [-0.1, -0.05) is 11.3 Å². The number of nitrogens with zero attached hydrogens (tertiary/aromatic N) is 1. The van der Waals surface area contributed by atoms with E-state index in [2.05, 4.69) is 15.6 Å². The fourth-order valence-electron chi connectivity index (χ4n) is 2.24. The molecule has 0 radical (unpaired) electrons. The van der Waals surface area contributed by atoms with Crippen molar-refractivity contribution in [3.63, 3.8) is 0 Å². The topological polar surface area (TPSA) is 74.2 Å². The third kappa shape index (κ3) is 4.23. The van der Waals surface area contributed by atoms with Gasteiger partial charge in [-0.05, 0) is 42.5 Å². The number of halogens is 3. The zero-order chi connectivity index (χ0) is 18.7. The molecule has 0 unspecified atom stereocenters. The highest BCUT2D eigenvalue weighted by molar-refractivity contribution is 7.22. The molecular formula is C17H14F3N3O2S. The number of hydrogen-bond donors (Lipinski definition) is 3. The lowest BCUT2D eigenvalue weighted by atomic mass is 10.2. The van der Waals surface area contributed by atoms with E-state index < -0.39 is 11.7 Å². The van der Waals surface area contributed by atoms with Gasteiger partial charge in [0.05, 0.1) is 15.8 Å². The molecule has 0 fully saturated rings. The second-order valence-corrected chi connectivity index (χ2v) is 6.46. The van der Waals surface area contributed by atoms with E-state index in [0.717, 1.165) is 12.1 Å². The van der Waals surface area contributed by atoms with E-state index in [1.165, 1.54) is 41.7 Å². The van der Waals surface area contributed by atoms with Gasteiger partial charge in [0.15, 0.2) is 5.13 Å². The number of nitrogens with one attached hydrogen (secondary N) is 2. The molecule has 0 spiro atoms. The van der Waals surface area contributed by atoms with Crippen LogP contribution in [0.1, 0.15) is 15.9 Å². The van der Waals surface area contributed by atoms with Crippen LogP contribution in [-0.4, -0.2) is 29.1 Å². The van der Waals surface area contributed by atoms with Crippen LogP contribution in [0.5, 0.6) is 5.75 Å². The van der Waals surface area contributed by atoms with Gasteiger partial charge in [-0.2, -0.15) is 13.2 Å². The number of aromatic nitrogens is 1. The van der Waals surface area contributed by atoms with Crippen LogP contribution in [0.25, 0.3) is 10.2 Å².